The van der Waals surface area contributed by atoms with E-state index in [1.807, 2.05) is 0 Å². The van der Waals surface area contributed by atoms with E-state index in [2.05, 4.69) is 29.4 Å². The fourth-order valence-electron chi connectivity index (χ4n) is 0.912. The molecule has 1 heterocycles. The summed E-state index contributed by atoms with van der Waals surface area (Å²) in [5.74, 6) is 2.10. The van der Waals surface area contributed by atoms with Gasteiger partial charge in [-0.15, -0.1) is 6.42 Å². The number of hydrogen-bond donors (Lipinski definition) is 1. The molecule has 0 fully saturated rings. The number of carbonyl (C=O) groups is 1. The first-order valence-electron chi connectivity index (χ1n) is 4.21. The summed E-state index contributed by atoms with van der Waals surface area (Å²) in [6.45, 7) is 7.05. The number of nitrogens with zero attached hydrogens (tertiary/aromatic N) is 1. The molecule has 0 saturated heterocycles. The number of pyridine rings is 1. The molecule has 0 bridgehead atoms. The first-order valence-corrected chi connectivity index (χ1v) is 4.21. The Morgan fingerprint density at radius 2 is 2.33 bits per heavy atom. The van der Waals surface area contributed by atoms with Gasteiger partial charge in [-0.3, -0.25) is 9.78 Å². The Hall–Kier alpha value is -2.34. The van der Waals surface area contributed by atoms with Gasteiger partial charge in [-0.05, 0) is 12.1 Å². The lowest BCUT2D eigenvalue weighted by molar-refractivity contribution is 0.0967. The normalized spacial score (nSPS) is 8.73. The van der Waals surface area contributed by atoms with Gasteiger partial charge in [-0.25, -0.2) is 0 Å². The molecule has 1 aromatic rings. The molecule has 1 rings (SSSR count). The number of amides is 1. The molecule has 0 aliphatic carbocycles. The fraction of sp³-hybridized carbons (Fsp3) is 0. The maximum atomic E-state index is 11.6. The van der Waals surface area contributed by atoms with E-state index >= 15 is 0 Å². The van der Waals surface area contributed by atoms with Crippen LogP contribution in [0.15, 0.2) is 43.4 Å². The van der Waals surface area contributed by atoms with Gasteiger partial charge in [0.15, 0.2) is 0 Å². The van der Waals surface area contributed by atoms with Crippen molar-refractivity contribution in [1.29, 1.82) is 0 Å². The second-order valence-electron chi connectivity index (χ2n) is 2.79. The van der Waals surface area contributed by atoms with E-state index in [9.17, 15) is 4.79 Å². The molecule has 1 amide bonds. The van der Waals surface area contributed by atoms with Crippen molar-refractivity contribution in [2.24, 2.45) is 0 Å². The van der Waals surface area contributed by atoms with Crippen molar-refractivity contribution in [3.8, 4) is 12.3 Å². The number of aromatic nitrogens is 1. The second-order valence-corrected chi connectivity index (χ2v) is 2.79. The summed E-state index contributed by atoms with van der Waals surface area (Å²) >= 11 is 0. The Morgan fingerprint density at radius 3 is 2.93 bits per heavy atom. The van der Waals surface area contributed by atoms with Gasteiger partial charge < -0.3 is 5.32 Å². The van der Waals surface area contributed by atoms with Gasteiger partial charge in [0.05, 0.1) is 5.56 Å². The van der Waals surface area contributed by atoms with Gasteiger partial charge in [0.2, 0.25) is 0 Å². The number of terminal acetylenes is 1. The molecule has 15 heavy (non-hydrogen) atoms. The smallest absolute Gasteiger partial charge is 0.257 e. The molecule has 0 aliphatic heterocycles. The summed E-state index contributed by atoms with van der Waals surface area (Å²) in [6.07, 6.45) is 9.60. The molecular weight excluding hydrogens is 188 g/mol. The number of allylic oxidation sites excluding steroid dienone is 1. The average Bonchev–Trinajstić information content (AvgIpc) is 2.28. The Kier molecular flexibility index (Phi) is 3.42. The van der Waals surface area contributed by atoms with Crippen LogP contribution in [0.5, 0.6) is 0 Å². The minimum atomic E-state index is -0.301. The standard InChI is InChI=1S/C12H10N2O/c1-4-9(3)14-12(15)11-6-10(5-2)7-13-8-11/h2,4,6-8H,1,3H2,(H,14,15). The number of nitrogens with one attached hydrogen (secondary N) is 1. The van der Waals surface area contributed by atoms with Crippen LogP contribution in [0.4, 0.5) is 0 Å². The van der Waals surface area contributed by atoms with Crippen LogP contribution in [0.25, 0.3) is 0 Å². The van der Waals surface area contributed by atoms with Gasteiger partial charge in [-0.1, -0.05) is 19.1 Å². The summed E-state index contributed by atoms with van der Waals surface area (Å²) in [5.41, 5.74) is 1.39. The number of carbonyl (C=O) groups excluding carboxylic acids is 1. The minimum absolute atomic E-state index is 0.301. The van der Waals surface area contributed by atoms with Crippen LogP contribution in [-0.2, 0) is 0 Å². The molecule has 1 N–H and O–H groups in total. The van der Waals surface area contributed by atoms with Crippen molar-refractivity contribution in [2.75, 3.05) is 0 Å². The predicted molar refractivity (Wildman–Crippen MR) is 59.0 cm³/mol. The third-order valence-corrected chi connectivity index (χ3v) is 1.69. The Morgan fingerprint density at radius 1 is 1.60 bits per heavy atom. The van der Waals surface area contributed by atoms with Gasteiger partial charge in [-0.2, -0.15) is 0 Å². The lowest BCUT2D eigenvalue weighted by atomic mass is 10.2. The predicted octanol–water partition coefficient (Wildman–Crippen LogP) is 1.49. The third kappa shape index (κ3) is 2.82. The zero-order chi connectivity index (χ0) is 11.3. The lowest BCUT2D eigenvalue weighted by Gasteiger charge is -2.03. The van der Waals surface area contributed by atoms with Crippen LogP contribution in [0.2, 0.25) is 0 Å². The summed E-state index contributed by atoms with van der Waals surface area (Å²) < 4.78 is 0. The van der Waals surface area contributed by atoms with E-state index < -0.39 is 0 Å². The molecule has 3 nitrogen and oxygen atoms in total. The van der Waals surface area contributed by atoms with Crippen molar-refractivity contribution < 1.29 is 4.79 Å². The van der Waals surface area contributed by atoms with E-state index in [1.165, 1.54) is 18.5 Å². The van der Waals surface area contributed by atoms with Crippen LogP contribution in [0.3, 0.4) is 0 Å². The van der Waals surface area contributed by atoms with Crippen LogP contribution in [-0.4, -0.2) is 10.9 Å². The molecule has 3 heteroatoms. The maximum Gasteiger partial charge on any atom is 0.257 e. The van der Waals surface area contributed by atoms with E-state index in [1.54, 1.807) is 6.07 Å². The summed E-state index contributed by atoms with van der Waals surface area (Å²) in [6, 6.07) is 1.58. The topological polar surface area (TPSA) is 42.0 Å². The highest BCUT2D eigenvalue weighted by Crippen LogP contribution is 2.02. The van der Waals surface area contributed by atoms with E-state index in [4.69, 9.17) is 6.42 Å². The molecule has 0 aliphatic rings. The maximum absolute atomic E-state index is 11.6. The third-order valence-electron chi connectivity index (χ3n) is 1.69. The van der Waals surface area contributed by atoms with Crippen molar-refractivity contribution in [3.05, 3.63) is 54.5 Å². The van der Waals surface area contributed by atoms with E-state index in [-0.39, 0.29) is 5.91 Å². The molecule has 1 aromatic heterocycles. The Labute approximate surface area is 88.5 Å². The molecule has 74 valence electrons. The first kappa shape index (κ1) is 10.7. The summed E-state index contributed by atoms with van der Waals surface area (Å²) in [4.78, 5) is 15.4. The summed E-state index contributed by atoms with van der Waals surface area (Å²) in [5, 5.41) is 2.54. The van der Waals surface area contributed by atoms with Crippen LogP contribution >= 0.6 is 0 Å². The minimum Gasteiger partial charge on any atom is -0.323 e. The van der Waals surface area contributed by atoms with Crippen molar-refractivity contribution in [1.82, 2.24) is 10.3 Å². The zero-order valence-electron chi connectivity index (χ0n) is 8.16. The number of hydrogen-bond acceptors (Lipinski definition) is 2. The lowest BCUT2D eigenvalue weighted by Crippen LogP contribution is -2.21. The largest absolute Gasteiger partial charge is 0.323 e. The monoisotopic (exact) mass is 198 g/mol. The van der Waals surface area contributed by atoms with Crippen LogP contribution < -0.4 is 5.32 Å². The van der Waals surface area contributed by atoms with Gasteiger partial charge in [0.25, 0.3) is 5.91 Å². The SMILES string of the molecule is C#Cc1cncc(C(=O)NC(=C)C=C)c1. The van der Waals surface area contributed by atoms with Gasteiger partial charge >= 0.3 is 0 Å². The Bertz CT molecular complexity index is 455. The Balaban J connectivity index is 2.87. The molecule has 0 radical (unpaired) electrons. The second kappa shape index (κ2) is 4.77. The van der Waals surface area contributed by atoms with Crippen LogP contribution in [0.1, 0.15) is 15.9 Å². The zero-order valence-corrected chi connectivity index (χ0v) is 8.16. The molecule has 0 saturated carbocycles. The molecule has 0 atom stereocenters. The van der Waals surface area contributed by atoms with Crippen LogP contribution in [0, 0.1) is 12.3 Å². The average molecular weight is 198 g/mol. The quantitative estimate of drug-likeness (QED) is 0.590. The van der Waals surface area contributed by atoms with E-state index in [0.29, 0.717) is 16.8 Å². The summed E-state index contributed by atoms with van der Waals surface area (Å²) in [7, 11) is 0. The van der Waals surface area contributed by atoms with Gasteiger partial charge in [0.1, 0.15) is 0 Å². The van der Waals surface area contributed by atoms with Crippen molar-refractivity contribution in [3.63, 3.8) is 0 Å². The van der Waals surface area contributed by atoms with Crippen molar-refractivity contribution in [2.45, 2.75) is 0 Å². The molecule has 0 spiro atoms. The molecule has 0 aromatic carbocycles. The van der Waals surface area contributed by atoms with Gasteiger partial charge in [0, 0.05) is 23.7 Å². The molecule has 0 unspecified atom stereocenters. The fourth-order valence-corrected chi connectivity index (χ4v) is 0.912. The molecular formula is C12H10N2O. The van der Waals surface area contributed by atoms with E-state index in [0.717, 1.165) is 0 Å². The van der Waals surface area contributed by atoms with Crippen molar-refractivity contribution >= 4 is 5.91 Å². The number of rotatable bonds is 3. The highest BCUT2D eigenvalue weighted by atomic mass is 16.1. The highest BCUT2D eigenvalue weighted by molar-refractivity contribution is 5.95. The first-order chi connectivity index (χ1) is 7.17. The highest BCUT2D eigenvalue weighted by Gasteiger charge is 2.05.